The van der Waals surface area contributed by atoms with Crippen LogP contribution in [0.5, 0.6) is 5.75 Å². The first-order valence-corrected chi connectivity index (χ1v) is 10.3. The van der Waals surface area contributed by atoms with Crippen LogP contribution in [0.1, 0.15) is 33.8 Å². The first-order valence-electron chi connectivity index (χ1n) is 10.3. The normalized spacial score (nSPS) is 15.9. The first-order chi connectivity index (χ1) is 15.6. The number of oxazole rings is 1. The fourth-order valence-corrected chi connectivity index (χ4v) is 4.44. The van der Waals surface area contributed by atoms with Crippen LogP contribution in [-0.4, -0.2) is 32.6 Å². The van der Waals surface area contributed by atoms with Crippen molar-refractivity contribution in [3.8, 4) is 11.8 Å². The van der Waals surface area contributed by atoms with Crippen molar-refractivity contribution in [1.82, 2.24) is 19.7 Å². The number of carbonyl (C=O) groups is 1. The van der Waals surface area contributed by atoms with E-state index < -0.39 is 0 Å². The lowest BCUT2D eigenvalue weighted by Gasteiger charge is -2.24. The maximum atomic E-state index is 13.4. The van der Waals surface area contributed by atoms with E-state index in [0.29, 0.717) is 46.1 Å². The van der Waals surface area contributed by atoms with Crippen molar-refractivity contribution in [2.75, 3.05) is 7.11 Å². The van der Waals surface area contributed by atoms with Crippen LogP contribution in [0.25, 0.3) is 28.1 Å². The minimum absolute atomic E-state index is 0.0181. The van der Waals surface area contributed by atoms with Gasteiger partial charge < -0.3 is 9.15 Å². The highest BCUT2D eigenvalue weighted by atomic mass is 16.5. The summed E-state index contributed by atoms with van der Waals surface area (Å²) in [6.45, 7) is 0. The average Bonchev–Trinajstić information content (AvgIpc) is 3.40. The Kier molecular flexibility index (Phi) is 4.01. The molecule has 0 saturated heterocycles. The SMILES string of the molecule is COc1ccc([C@@H]2CC(=O)c3cnc4[nH]n(-c5nc6ccccc6o5)c(=O)c4c3C2)cc1. The number of nitrogens with zero attached hydrogens (tertiary/aromatic N) is 3. The number of aromatic amines is 1. The predicted molar refractivity (Wildman–Crippen MR) is 118 cm³/mol. The molecule has 158 valence electrons. The van der Waals surface area contributed by atoms with Crippen LogP contribution in [0, 0.1) is 0 Å². The molecule has 0 amide bonds. The number of pyridine rings is 1. The summed E-state index contributed by atoms with van der Waals surface area (Å²) >= 11 is 0. The van der Waals surface area contributed by atoms with E-state index in [1.54, 1.807) is 19.4 Å². The van der Waals surface area contributed by atoms with Gasteiger partial charge in [-0.25, -0.2) is 4.98 Å². The molecule has 0 spiro atoms. The molecule has 1 N–H and O–H groups in total. The number of fused-ring (bicyclic) bond motifs is 4. The van der Waals surface area contributed by atoms with Gasteiger partial charge in [0.25, 0.3) is 5.56 Å². The number of para-hydroxylation sites is 2. The number of methoxy groups -OCH3 is 1. The molecule has 3 aromatic heterocycles. The Bertz CT molecular complexity index is 1530. The van der Waals surface area contributed by atoms with Crippen LogP contribution in [-0.2, 0) is 6.42 Å². The summed E-state index contributed by atoms with van der Waals surface area (Å²) in [6.07, 6.45) is 2.49. The summed E-state index contributed by atoms with van der Waals surface area (Å²) in [5, 5.41) is 3.38. The van der Waals surface area contributed by atoms with Crippen molar-refractivity contribution in [3.63, 3.8) is 0 Å². The highest BCUT2D eigenvalue weighted by Crippen LogP contribution is 2.35. The predicted octanol–water partition coefficient (Wildman–Crippen LogP) is 3.78. The summed E-state index contributed by atoms with van der Waals surface area (Å²) in [4.78, 5) is 35.0. The second kappa shape index (κ2) is 6.91. The highest BCUT2D eigenvalue weighted by molar-refractivity contribution is 6.02. The number of carbonyl (C=O) groups excluding carboxylic acids is 1. The third-order valence-corrected chi connectivity index (χ3v) is 6.06. The van der Waals surface area contributed by atoms with Gasteiger partial charge in [-0.1, -0.05) is 24.3 Å². The van der Waals surface area contributed by atoms with Gasteiger partial charge in [0.15, 0.2) is 17.0 Å². The lowest BCUT2D eigenvalue weighted by atomic mass is 9.79. The van der Waals surface area contributed by atoms with Gasteiger partial charge in [0.2, 0.25) is 0 Å². The van der Waals surface area contributed by atoms with Crippen molar-refractivity contribution < 1.29 is 13.9 Å². The third-order valence-electron chi connectivity index (χ3n) is 6.06. The maximum absolute atomic E-state index is 13.4. The van der Waals surface area contributed by atoms with E-state index in [9.17, 15) is 9.59 Å². The summed E-state index contributed by atoms with van der Waals surface area (Å²) in [5.41, 5.74) is 3.55. The van der Waals surface area contributed by atoms with Gasteiger partial charge >= 0.3 is 6.01 Å². The van der Waals surface area contributed by atoms with Crippen LogP contribution >= 0.6 is 0 Å². The number of hydrogen-bond donors (Lipinski definition) is 1. The second-order valence-corrected chi connectivity index (χ2v) is 7.89. The molecule has 32 heavy (non-hydrogen) atoms. The van der Waals surface area contributed by atoms with E-state index in [1.165, 1.54) is 4.68 Å². The molecule has 0 fully saturated rings. The molecule has 2 aromatic carbocycles. The van der Waals surface area contributed by atoms with Crippen LogP contribution in [0.4, 0.5) is 0 Å². The van der Waals surface area contributed by atoms with Crippen LogP contribution < -0.4 is 10.3 Å². The minimum atomic E-state index is -0.334. The quantitative estimate of drug-likeness (QED) is 0.471. The smallest absolute Gasteiger partial charge is 0.325 e. The second-order valence-electron chi connectivity index (χ2n) is 7.89. The lowest BCUT2D eigenvalue weighted by Crippen LogP contribution is -2.22. The van der Waals surface area contributed by atoms with E-state index in [2.05, 4.69) is 15.1 Å². The highest BCUT2D eigenvalue weighted by Gasteiger charge is 2.30. The molecule has 6 rings (SSSR count). The van der Waals surface area contributed by atoms with Crippen LogP contribution in [0.15, 0.2) is 63.9 Å². The van der Waals surface area contributed by atoms with Crippen molar-refractivity contribution in [3.05, 3.63) is 81.8 Å². The molecule has 3 heterocycles. The zero-order valence-electron chi connectivity index (χ0n) is 17.2. The number of H-pyrrole nitrogens is 1. The third kappa shape index (κ3) is 2.76. The number of ether oxygens (including phenoxy) is 1. The molecule has 0 unspecified atom stereocenters. The van der Waals surface area contributed by atoms with Gasteiger partial charge in [-0.3, -0.25) is 14.7 Å². The Morgan fingerprint density at radius 3 is 2.69 bits per heavy atom. The summed E-state index contributed by atoms with van der Waals surface area (Å²) < 4.78 is 12.2. The van der Waals surface area contributed by atoms with Gasteiger partial charge in [0.1, 0.15) is 11.3 Å². The van der Waals surface area contributed by atoms with Crippen molar-refractivity contribution in [2.45, 2.75) is 18.8 Å². The van der Waals surface area contributed by atoms with Gasteiger partial charge in [-0.2, -0.15) is 9.67 Å². The Labute approximate surface area is 181 Å². The molecule has 0 saturated carbocycles. The van der Waals surface area contributed by atoms with Crippen LogP contribution in [0.2, 0.25) is 0 Å². The molecule has 8 nitrogen and oxygen atoms in total. The molecule has 0 bridgehead atoms. The standard InChI is InChI=1S/C24H18N4O4/c1-31-15-8-6-13(7-9-15)14-10-16-17(19(29)11-14)12-25-22-21(16)23(30)28(27-22)24-26-18-4-2-3-5-20(18)32-24/h2-9,12,14H,10-11H2,1H3,(H,25,27)/t14-/m0/s1. The molecular weight excluding hydrogens is 408 g/mol. The summed E-state index contributed by atoms with van der Waals surface area (Å²) in [5.74, 6) is 0.712. The zero-order chi connectivity index (χ0) is 21.8. The van der Waals surface area contributed by atoms with Crippen molar-refractivity contribution in [2.24, 2.45) is 0 Å². The van der Waals surface area contributed by atoms with Crippen molar-refractivity contribution in [1.29, 1.82) is 0 Å². The number of ketones is 1. The molecule has 1 aliphatic carbocycles. The number of rotatable bonds is 3. The first kappa shape index (κ1) is 18.6. The zero-order valence-corrected chi connectivity index (χ0v) is 17.2. The van der Waals surface area contributed by atoms with E-state index in [1.807, 2.05) is 42.5 Å². The van der Waals surface area contributed by atoms with E-state index >= 15 is 0 Å². The Morgan fingerprint density at radius 2 is 1.91 bits per heavy atom. The minimum Gasteiger partial charge on any atom is -0.497 e. The van der Waals surface area contributed by atoms with Gasteiger partial charge in [-0.15, -0.1) is 0 Å². The van der Waals surface area contributed by atoms with E-state index in [0.717, 1.165) is 11.3 Å². The van der Waals surface area contributed by atoms with Gasteiger partial charge in [0, 0.05) is 18.2 Å². The lowest BCUT2D eigenvalue weighted by molar-refractivity contribution is 0.0964. The molecule has 0 radical (unpaired) electrons. The van der Waals surface area contributed by atoms with E-state index in [4.69, 9.17) is 9.15 Å². The maximum Gasteiger partial charge on any atom is 0.325 e. The summed E-state index contributed by atoms with van der Waals surface area (Å²) in [7, 11) is 1.62. The number of benzene rings is 2. The molecule has 8 heteroatoms. The number of Topliss-reactive ketones (excluding diaryl/α,β-unsaturated/α-hetero) is 1. The average molecular weight is 426 g/mol. The molecular formula is C24H18N4O4. The Balaban J connectivity index is 1.48. The Morgan fingerprint density at radius 1 is 1.09 bits per heavy atom. The number of hydrogen-bond acceptors (Lipinski definition) is 6. The van der Waals surface area contributed by atoms with Gasteiger partial charge in [-0.05, 0) is 47.7 Å². The number of aromatic nitrogens is 4. The van der Waals surface area contributed by atoms with Crippen molar-refractivity contribution >= 4 is 27.9 Å². The topological polar surface area (TPSA) is 103 Å². The number of nitrogens with one attached hydrogen (secondary N) is 1. The molecule has 5 aromatic rings. The largest absolute Gasteiger partial charge is 0.497 e. The monoisotopic (exact) mass is 426 g/mol. The van der Waals surface area contributed by atoms with Gasteiger partial charge in [0.05, 0.1) is 12.5 Å². The summed E-state index contributed by atoms with van der Waals surface area (Å²) in [6, 6.07) is 15.1. The molecule has 0 aliphatic heterocycles. The van der Waals surface area contributed by atoms with Crippen LogP contribution in [0.3, 0.4) is 0 Å². The molecule has 1 atom stereocenters. The molecule has 1 aliphatic rings. The Hall–Kier alpha value is -4.20. The fourth-order valence-electron chi connectivity index (χ4n) is 4.44. The van der Waals surface area contributed by atoms with E-state index in [-0.39, 0.29) is 23.3 Å². The fraction of sp³-hybridized carbons (Fsp3) is 0.167.